The number of carboxylic acid groups (broad SMARTS) is 1. The number of hydrogen-bond donors (Lipinski definition) is 3. The molecule has 2 rings (SSSR count). The van der Waals surface area contributed by atoms with Gasteiger partial charge in [-0.2, -0.15) is 18.4 Å². The van der Waals surface area contributed by atoms with Crippen molar-refractivity contribution in [2.45, 2.75) is 5.09 Å². The highest BCUT2D eigenvalue weighted by Gasteiger charge is 2.28. The number of ether oxygens (including phenoxy) is 2. The summed E-state index contributed by atoms with van der Waals surface area (Å²) in [5.74, 6) is -1.72. The Bertz CT molecular complexity index is 885. The van der Waals surface area contributed by atoms with Crippen molar-refractivity contribution in [2.24, 2.45) is 0 Å². The molecule has 25 heavy (non-hydrogen) atoms. The van der Waals surface area contributed by atoms with Crippen molar-refractivity contribution in [3.8, 4) is 11.8 Å². The number of urea groups is 1. The number of nitrogens with one attached hydrogen (secondary N) is 2. The van der Waals surface area contributed by atoms with Gasteiger partial charge in [-0.3, -0.25) is 5.32 Å². The smallest absolute Gasteiger partial charge is 0.340 e. The average Bonchev–Trinajstić information content (AvgIpc) is 3.04. The fraction of sp³-hybridized carbons (Fsp3) is 0.167. The summed E-state index contributed by atoms with van der Waals surface area (Å²) in [6.07, 6.45) is 0.867. The number of anilines is 1. The number of nitrogens with zero attached hydrogens (tertiary/aromatic N) is 2. The molecule has 0 unspecified atom stereocenters. The first-order valence-electron chi connectivity index (χ1n) is 6.38. The van der Waals surface area contributed by atoms with Crippen LogP contribution in [0.3, 0.4) is 0 Å². The third-order valence-electron chi connectivity index (χ3n) is 2.65. The lowest BCUT2D eigenvalue weighted by atomic mass is 10.3. The molecule has 2 amide bonds. The molecule has 0 saturated carbocycles. The van der Waals surface area contributed by atoms with Gasteiger partial charge in [-0.15, -0.1) is 0 Å². The zero-order valence-corrected chi connectivity index (χ0v) is 13.7. The van der Waals surface area contributed by atoms with Gasteiger partial charge < -0.3 is 19.0 Å². The van der Waals surface area contributed by atoms with Crippen molar-refractivity contribution in [3.63, 3.8) is 0 Å². The lowest BCUT2D eigenvalue weighted by Crippen LogP contribution is -2.35. The molecule has 134 valence electrons. The molecule has 2 aromatic heterocycles. The number of carboxylic acids is 1. The van der Waals surface area contributed by atoms with E-state index in [2.05, 4.69) is 19.7 Å². The summed E-state index contributed by atoms with van der Waals surface area (Å²) < 4.78 is 40.1. The molecule has 0 aromatic carbocycles. The first-order chi connectivity index (χ1) is 11.8. The number of amides is 2. The standard InChI is InChI=1S/C12H12N4O8S/c1-22-7-5-8(23-2)14-11(13-7)15-12(19)16-25(20,21)10-6(9(17)18)3-4-24-10/h3-5H,1-2H3,(H,17,18)(H2,13,14,15,16,19). The van der Waals surface area contributed by atoms with Gasteiger partial charge in [0.15, 0.2) is 0 Å². The van der Waals surface area contributed by atoms with Gasteiger partial charge in [0.2, 0.25) is 17.7 Å². The van der Waals surface area contributed by atoms with Crippen molar-refractivity contribution >= 4 is 28.0 Å². The Balaban J connectivity index is 2.19. The van der Waals surface area contributed by atoms with Crippen LogP contribution in [0.25, 0.3) is 0 Å². The molecule has 0 aliphatic carbocycles. The minimum Gasteiger partial charge on any atom is -0.481 e. The molecule has 13 heteroatoms. The number of sulfonamides is 1. The number of rotatable bonds is 6. The predicted octanol–water partition coefficient (Wildman–Crippen LogP) is 0.295. The largest absolute Gasteiger partial charge is 0.481 e. The third-order valence-corrected chi connectivity index (χ3v) is 3.91. The van der Waals surface area contributed by atoms with Crippen LogP contribution < -0.4 is 19.5 Å². The fourth-order valence-electron chi connectivity index (χ4n) is 1.63. The summed E-state index contributed by atoms with van der Waals surface area (Å²) in [5.41, 5.74) is -0.625. The van der Waals surface area contributed by atoms with Gasteiger partial charge in [0, 0.05) is 0 Å². The van der Waals surface area contributed by atoms with Gasteiger partial charge in [0.05, 0.1) is 26.5 Å². The topological polar surface area (TPSA) is 170 Å². The first-order valence-corrected chi connectivity index (χ1v) is 7.86. The van der Waals surface area contributed by atoms with E-state index >= 15 is 0 Å². The summed E-state index contributed by atoms with van der Waals surface area (Å²) in [7, 11) is -1.93. The van der Waals surface area contributed by atoms with Crippen molar-refractivity contribution in [1.29, 1.82) is 0 Å². The van der Waals surface area contributed by atoms with Gasteiger partial charge in [0.1, 0.15) is 5.56 Å². The summed E-state index contributed by atoms with van der Waals surface area (Å²) in [6.45, 7) is 0. The molecular weight excluding hydrogens is 360 g/mol. The molecule has 3 N–H and O–H groups in total. The minimum atomic E-state index is -4.57. The van der Waals surface area contributed by atoms with Crippen LogP contribution in [0.2, 0.25) is 0 Å². The van der Waals surface area contributed by atoms with Crippen molar-refractivity contribution in [2.75, 3.05) is 19.5 Å². The summed E-state index contributed by atoms with van der Waals surface area (Å²) in [5, 5.41) is 10.0. The Kier molecular flexibility index (Phi) is 5.07. The lowest BCUT2D eigenvalue weighted by molar-refractivity contribution is 0.0689. The Hall–Kier alpha value is -3.35. The minimum absolute atomic E-state index is 0.0594. The third kappa shape index (κ3) is 4.14. The lowest BCUT2D eigenvalue weighted by Gasteiger charge is -2.08. The second kappa shape index (κ2) is 7.04. The molecule has 0 saturated heterocycles. The van der Waals surface area contributed by atoms with Crippen molar-refractivity contribution in [3.05, 3.63) is 24.0 Å². The molecule has 2 aromatic rings. The van der Waals surface area contributed by atoms with Gasteiger partial charge in [0.25, 0.3) is 15.1 Å². The monoisotopic (exact) mass is 372 g/mol. The second-order valence-corrected chi connectivity index (χ2v) is 5.84. The van der Waals surface area contributed by atoms with Crippen LogP contribution in [0.5, 0.6) is 11.8 Å². The molecular formula is C12H12N4O8S. The van der Waals surface area contributed by atoms with E-state index in [0.717, 1.165) is 12.3 Å². The van der Waals surface area contributed by atoms with E-state index in [-0.39, 0.29) is 17.7 Å². The molecule has 0 atom stereocenters. The molecule has 2 heterocycles. The number of carbonyl (C=O) groups is 2. The van der Waals surface area contributed by atoms with Crippen LogP contribution in [0.15, 0.2) is 27.9 Å². The van der Waals surface area contributed by atoms with Crippen LogP contribution in [0.1, 0.15) is 10.4 Å². The van der Waals surface area contributed by atoms with Crippen molar-refractivity contribution in [1.82, 2.24) is 14.7 Å². The number of aromatic nitrogens is 2. The molecule has 0 radical (unpaired) electrons. The van der Waals surface area contributed by atoms with Crippen LogP contribution in [-0.4, -0.2) is 49.7 Å². The van der Waals surface area contributed by atoms with E-state index in [9.17, 15) is 18.0 Å². The number of hydrogen-bond acceptors (Lipinski definition) is 9. The first kappa shape index (κ1) is 18.0. The Labute approximate surface area is 140 Å². The van der Waals surface area contributed by atoms with Crippen LogP contribution >= 0.6 is 0 Å². The summed E-state index contributed by atoms with van der Waals surface area (Å²) in [4.78, 5) is 30.4. The Morgan fingerprint density at radius 3 is 2.32 bits per heavy atom. The number of aromatic carboxylic acids is 1. The highest BCUT2D eigenvalue weighted by atomic mass is 32.2. The maximum atomic E-state index is 12.0. The Morgan fingerprint density at radius 2 is 1.80 bits per heavy atom. The van der Waals surface area contributed by atoms with Gasteiger partial charge >= 0.3 is 12.0 Å². The molecule has 0 aliphatic heterocycles. The normalized spacial score (nSPS) is 10.8. The molecule has 12 nitrogen and oxygen atoms in total. The van der Waals surface area contributed by atoms with E-state index in [1.54, 1.807) is 4.72 Å². The predicted molar refractivity (Wildman–Crippen MR) is 80.1 cm³/mol. The highest BCUT2D eigenvalue weighted by molar-refractivity contribution is 7.90. The summed E-state index contributed by atoms with van der Waals surface area (Å²) >= 11 is 0. The molecule has 0 aliphatic rings. The van der Waals surface area contributed by atoms with E-state index < -0.39 is 32.7 Å². The van der Waals surface area contributed by atoms with Gasteiger partial charge in [-0.05, 0) is 6.07 Å². The van der Waals surface area contributed by atoms with E-state index in [1.165, 1.54) is 20.3 Å². The maximum absolute atomic E-state index is 12.0. The molecule has 0 fully saturated rings. The van der Waals surface area contributed by atoms with Crippen LogP contribution in [0.4, 0.5) is 10.7 Å². The maximum Gasteiger partial charge on any atom is 0.340 e. The van der Waals surface area contributed by atoms with E-state index in [4.69, 9.17) is 14.6 Å². The number of carbonyl (C=O) groups excluding carboxylic acids is 1. The zero-order valence-electron chi connectivity index (χ0n) is 12.8. The van der Waals surface area contributed by atoms with Crippen LogP contribution in [0, 0.1) is 0 Å². The summed E-state index contributed by atoms with van der Waals surface area (Å²) in [6, 6.07) is 1.02. The Morgan fingerprint density at radius 1 is 1.20 bits per heavy atom. The van der Waals surface area contributed by atoms with Crippen LogP contribution in [-0.2, 0) is 10.0 Å². The fourth-order valence-corrected chi connectivity index (χ4v) is 2.64. The highest BCUT2D eigenvalue weighted by Crippen LogP contribution is 2.18. The number of furan rings is 1. The van der Waals surface area contributed by atoms with E-state index in [1.807, 2.05) is 0 Å². The number of methoxy groups -OCH3 is 2. The van der Waals surface area contributed by atoms with Gasteiger partial charge in [-0.1, -0.05) is 0 Å². The van der Waals surface area contributed by atoms with Crippen molar-refractivity contribution < 1.29 is 37.0 Å². The molecule has 0 bridgehead atoms. The SMILES string of the molecule is COc1cc(OC)nc(NC(=O)NS(=O)(=O)c2occc2C(=O)O)n1. The zero-order chi connectivity index (χ0) is 18.6. The quantitative estimate of drug-likeness (QED) is 0.640. The average molecular weight is 372 g/mol. The second-order valence-electron chi connectivity index (χ2n) is 4.26. The van der Waals surface area contributed by atoms with Gasteiger partial charge in [-0.25, -0.2) is 14.3 Å². The molecule has 0 spiro atoms. The van der Waals surface area contributed by atoms with E-state index in [0.29, 0.717) is 0 Å².